The van der Waals surface area contributed by atoms with Gasteiger partial charge in [-0.2, -0.15) is 0 Å². The highest BCUT2D eigenvalue weighted by atomic mass is 127. The number of nitrogens with two attached hydrogens (primary N) is 1. The van der Waals surface area contributed by atoms with Crippen LogP contribution in [0.1, 0.15) is 10.4 Å². The van der Waals surface area contributed by atoms with Crippen molar-refractivity contribution >= 4 is 39.9 Å². The van der Waals surface area contributed by atoms with Crippen LogP contribution in [-0.2, 0) is 0 Å². The summed E-state index contributed by atoms with van der Waals surface area (Å²) in [5.41, 5.74) is 6.93. The standard InChI is InChI=1S/C14H12FIN2O/c1-18(13-5-3-2-4-11(13)16)14(19)10-8-9(15)6-7-12(10)17/h2-8H,17H2,1H3. The van der Waals surface area contributed by atoms with Gasteiger partial charge in [0, 0.05) is 16.3 Å². The lowest BCUT2D eigenvalue weighted by Crippen LogP contribution is -2.27. The molecular weight excluding hydrogens is 358 g/mol. The molecule has 2 N–H and O–H groups in total. The first-order chi connectivity index (χ1) is 9.00. The molecule has 0 aliphatic heterocycles. The minimum absolute atomic E-state index is 0.169. The molecule has 0 aromatic heterocycles. The smallest absolute Gasteiger partial charge is 0.260 e. The molecule has 0 fully saturated rings. The number of hydrogen-bond donors (Lipinski definition) is 1. The minimum Gasteiger partial charge on any atom is -0.398 e. The zero-order chi connectivity index (χ0) is 14.0. The first-order valence-corrected chi connectivity index (χ1v) is 6.66. The maximum atomic E-state index is 13.2. The third-order valence-electron chi connectivity index (χ3n) is 2.76. The van der Waals surface area contributed by atoms with E-state index in [2.05, 4.69) is 22.6 Å². The van der Waals surface area contributed by atoms with Crippen LogP contribution in [0.25, 0.3) is 0 Å². The fourth-order valence-electron chi connectivity index (χ4n) is 1.73. The average molecular weight is 370 g/mol. The number of hydrogen-bond acceptors (Lipinski definition) is 2. The van der Waals surface area contributed by atoms with Crippen LogP contribution in [0.5, 0.6) is 0 Å². The summed E-state index contributed by atoms with van der Waals surface area (Å²) in [6, 6.07) is 11.2. The lowest BCUT2D eigenvalue weighted by atomic mass is 10.1. The Bertz CT molecular complexity index is 631. The SMILES string of the molecule is CN(C(=O)c1cc(F)ccc1N)c1ccccc1I. The van der Waals surface area contributed by atoms with Crippen molar-refractivity contribution in [2.24, 2.45) is 0 Å². The summed E-state index contributed by atoms with van der Waals surface area (Å²) >= 11 is 2.14. The van der Waals surface area contributed by atoms with Gasteiger partial charge < -0.3 is 10.6 Å². The van der Waals surface area contributed by atoms with Gasteiger partial charge in [0.25, 0.3) is 5.91 Å². The number of carbonyl (C=O) groups excluding carboxylic acids is 1. The summed E-state index contributed by atoms with van der Waals surface area (Å²) in [5, 5.41) is 0. The highest BCUT2D eigenvalue weighted by molar-refractivity contribution is 14.1. The van der Waals surface area contributed by atoms with Gasteiger partial charge >= 0.3 is 0 Å². The van der Waals surface area contributed by atoms with Gasteiger partial charge in [-0.1, -0.05) is 12.1 Å². The van der Waals surface area contributed by atoms with Crippen molar-refractivity contribution in [1.29, 1.82) is 0 Å². The Kier molecular flexibility index (Phi) is 4.04. The Balaban J connectivity index is 2.39. The van der Waals surface area contributed by atoms with Crippen LogP contribution in [0, 0.1) is 9.39 Å². The fraction of sp³-hybridized carbons (Fsp3) is 0.0714. The second kappa shape index (κ2) is 5.56. The van der Waals surface area contributed by atoms with E-state index in [1.54, 1.807) is 7.05 Å². The summed E-state index contributed by atoms with van der Waals surface area (Å²) < 4.78 is 14.2. The predicted octanol–water partition coefficient (Wildman–Crippen LogP) is 3.29. The minimum atomic E-state index is -0.478. The van der Waals surface area contributed by atoms with Crippen molar-refractivity contribution in [3.05, 3.63) is 57.4 Å². The van der Waals surface area contributed by atoms with Crippen molar-refractivity contribution in [3.8, 4) is 0 Å². The molecule has 0 radical (unpaired) electrons. The van der Waals surface area contributed by atoms with E-state index in [-0.39, 0.29) is 17.2 Å². The Labute approximate surface area is 124 Å². The molecule has 19 heavy (non-hydrogen) atoms. The summed E-state index contributed by atoms with van der Waals surface area (Å²) in [4.78, 5) is 13.8. The van der Waals surface area contributed by atoms with Crippen molar-refractivity contribution in [2.45, 2.75) is 0 Å². The van der Waals surface area contributed by atoms with E-state index in [4.69, 9.17) is 5.73 Å². The van der Waals surface area contributed by atoms with Gasteiger partial charge in [0.2, 0.25) is 0 Å². The van der Waals surface area contributed by atoms with Crippen LogP contribution >= 0.6 is 22.6 Å². The van der Waals surface area contributed by atoms with Crippen molar-refractivity contribution in [2.75, 3.05) is 17.7 Å². The van der Waals surface area contributed by atoms with Crippen LogP contribution < -0.4 is 10.6 Å². The molecule has 0 heterocycles. The molecule has 5 heteroatoms. The quantitative estimate of drug-likeness (QED) is 0.652. The molecule has 0 bridgehead atoms. The van der Waals surface area contributed by atoms with Crippen molar-refractivity contribution in [3.63, 3.8) is 0 Å². The highest BCUT2D eigenvalue weighted by Gasteiger charge is 2.18. The average Bonchev–Trinajstić information content (AvgIpc) is 2.40. The number of rotatable bonds is 2. The fourth-order valence-corrected chi connectivity index (χ4v) is 2.48. The first-order valence-electron chi connectivity index (χ1n) is 5.58. The number of anilines is 2. The number of halogens is 2. The van der Waals surface area contributed by atoms with Crippen LogP contribution in [0.15, 0.2) is 42.5 Å². The zero-order valence-corrected chi connectivity index (χ0v) is 12.4. The van der Waals surface area contributed by atoms with Gasteiger partial charge in [-0.3, -0.25) is 4.79 Å². The molecule has 98 valence electrons. The maximum absolute atomic E-state index is 13.2. The van der Waals surface area contributed by atoms with Crippen LogP contribution in [0.2, 0.25) is 0 Å². The maximum Gasteiger partial charge on any atom is 0.260 e. The number of nitrogens with zero attached hydrogens (tertiary/aromatic N) is 1. The monoisotopic (exact) mass is 370 g/mol. The van der Waals surface area contributed by atoms with Crippen LogP contribution in [-0.4, -0.2) is 13.0 Å². The lowest BCUT2D eigenvalue weighted by molar-refractivity contribution is 0.0993. The number of nitrogen functional groups attached to an aromatic ring is 1. The topological polar surface area (TPSA) is 46.3 Å². The highest BCUT2D eigenvalue weighted by Crippen LogP contribution is 2.24. The predicted molar refractivity (Wildman–Crippen MR) is 82.7 cm³/mol. The van der Waals surface area contributed by atoms with Crippen LogP contribution in [0.4, 0.5) is 15.8 Å². The van der Waals surface area contributed by atoms with Gasteiger partial charge in [0.05, 0.1) is 11.3 Å². The van der Waals surface area contributed by atoms with E-state index < -0.39 is 5.82 Å². The number of benzene rings is 2. The molecule has 2 aromatic rings. The second-order valence-electron chi connectivity index (χ2n) is 4.05. The molecule has 3 nitrogen and oxygen atoms in total. The number of carbonyl (C=O) groups is 1. The Hall–Kier alpha value is -1.63. The van der Waals surface area contributed by atoms with E-state index in [1.807, 2.05) is 24.3 Å². The summed E-state index contributed by atoms with van der Waals surface area (Å²) in [6.45, 7) is 0. The first kappa shape index (κ1) is 13.8. The van der Waals surface area contributed by atoms with Gasteiger partial charge in [-0.05, 0) is 52.9 Å². The molecule has 0 aliphatic carbocycles. The van der Waals surface area contributed by atoms with E-state index in [0.717, 1.165) is 15.3 Å². The van der Waals surface area contributed by atoms with Crippen molar-refractivity contribution < 1.29 is 9.18 Å². The molecule has 2 aromatic carbocycles. The number of amides is 1. The molecule has 0 spiro atoms. The second-order valence-corrected chi connectivity index (χ2v) is 5.21. The Morgan fingerprint density at radius 3 is 2.63 bits per heavy atom. The third-order valence-corrected chi connectivity index (χ3v) is 3.68. The Morgan fingerprint density at radius 1 is 1.26 bits per heavy atom. The van der Waals surface area contributed by atoms with Gasteiger partial charge in [-0.25, -0.2) is 4.39 Å². The van der Waals surface area contributed by atoms with Crippen molar-refractivity contribution in [1.82, 2.24) is 0 Å². The van der Waals surface area contributed by atoms with Crippen LogP contribution in [0.3, 0.4) is 0 Å². The van der Waals surface area contributed by atoms with E-state index in [9.17, 15) is 9.18 Å². The summed E-state index contributed by atoms with van der Waals surface area (Å²) in [7, 11) is 1.64. The molecule has 2 rings (SSSR count). The Morgan fingerprint density at radius 2 is 1.95 bits per heavy atom. The molecule has 0 aliphatic rings. The van der Waals surface area contributed by atoms with E-state index >= 15 is 0 Å². The summed E-state index contributed by atoms with van der Waals surface area (Å²) in [6.07, 6.45) is 0. The molecule has 0 unspecified atom stereocenters. The van der Waals surface area contributed by atoms with Gasteiger partial charge in [0.1, 0.15) is 5.82 Å². The summed E-state index contributed by atoms with van der Waals surface area (Å²) in [5.74, 6) is -0.810. The lowest BCUT2D eigenvalue weighted by Gasteiger charge is -2.19. The van der Waals surface area contributed by atoms with Gasteiger partial charge in [0.15, 0.2) is 0 Å². The van der Waals surface area contributed by atoms with E-state index in [0.29, 0.717) is 0 Å². The molecule has 0 saturated carbocycles. The molecule has 0 saturated heterocycles. The zero-order valence-electron chi connectivity index (χ0n) is 10.2. The van der Waals surface area contributed by atoms with E-state index in [1.165, 1.54) is 17.0 Å². The third kappa shape index (κ3) is 2.86. The van der Waals surface area contributed by atoms with Gasteiger partial charge in [-0.15, -0.1) is 0 Å². The largest absolute Gasteiger partial charge is 0.398 e. The molecule has 0 atom stereocenters. The normalized spacial score (nSPS) is 10.3. The number of para-hydroxylation sites is 1. The molecular formula is C14H12FIN2O. The molecule has 1 amide bonds.